The van der Waals surface area contributed by atoms with Crippen molar-refractivity contribution in [1.82, 2.24) is 0 Å². The van der Waals surface area contributed by atoms with Gasteiger partial charge in [0.1, 0.15) is 0 Å². The second-order valence-electron chi connectivity index (χ2n) is 1.64. The highest BCUT2D eigenvalue weighted by molar-refractivity contribution is 4.81. The van der Waals surface area contributed by atoms with E-state index in [0.29, 0.717) is 6.54 Å². The van der Waals surface area contributed by atoms with Gasteiger partial charge in [0.15, 0.2) is 0 Å². The van der Waals surface area contributed by atoms with Gasteiger partial charge in [-0.15, -0.1) is 0 Å². The first-order valence-electron chi connectivity index (χ1n) is 2.97. The minimum atomic E-state index is 0.643. The van der Waals surface area contributed by atoms with Gasteiger partial charge in [-0.05, 0) is 19.4 Å². The summed E-state index contributed by atoms with van der Waals surface area (Å²) in [4.78, 5) is 0. The van der Waals surface area contributed by atoms with Crippen LogP contribution in [0.4, 0.5) is 0 Å². The summed E-state index contributed by atoms with van der Waals surface area (Å²) >= 11 is 0. The highest BCUT2D eigenvalue weighted by Crippen LogP contribution is 1.85. The summed E-state index contributed by atoms with van der Waals surface area (Å²) in [5, 5.41) is 0. The van der Waals surface area contributed by atoms with Crippen LogP contribution in [0.15, 0.2) is 12.2 Å². The number of allylic oxidation sites excluding steroid dienone is 1. The Morgan fingerprint density at radius 1 is 1.12 bits per heavy atom. The molecule has 0 spiro atoms. The van der Waals surface area contributed by atoms with E-state index in [1.54, 1.807) is 0 Å². The fraction of sp³-hybridized carbons (Fsp3) is 0.667. The van der Waals surface area contributed by atoms with Crippen LogP contribution in [0.25, 0.3) is 0 Å². The van der Waals surface area contributed by atoms with Crippen LogP contribution >= 0.6 is 0 Å². The van der Waals surface area contributed by atoms with Crippen molar-refractivity contribution in [3.8, 4) is 0 Å². The van der Waals surface area contributed by atoms with Gasteiger partial charge in [-0.2, -0.15) is 0 Å². The van der Waals surface area contributed by atoms with E-state index in [-0.39, 0.29) is 0 Å². The lowest BCUT2D eigenvalue weighted by Gasteiger charge is -1.86. The molecule has 0 aromatic heterocycles. The normalized spacial score (nSPS) is 10.8. The van der Waals surface area contributed by atoms with Crippen LogP contribution in [0.1, 0.15) is 12.8 Å². The van der Waals surface area contributed by atoms with Crippen molar-refractivity contribution in [2.24, 2.45) is 11.5 Å². The lowest BCUT2D eigenvalue weighted by Crippen LogP contribution is -1.97. The Balaban J connectivity index is 2.80. The third-order valence-corrected chi connectivity index (χ3v) is 0.878. The first-order valence-corrected chi connectivity index (χ1v) is 2.97. The van der Waals surface area contributed by atoms with Gasteiger partial charge in [0.05, 0.1) is 0 Å². The van der Waals surface area contributed by atoms with E-state index < -0.39 is 0 Å². The van der Waals surface area contributed by atoms with Gasteiger partial charge in [-0.1, -0.05) is 12.2 Å². The van der Waals surface area contributed by atoms with E-state index in [0.717, 1.165) is 19.4 Å². The number of hydrogen-bond acceptors (Lipinski definition) is 2. The van der Waals surface area contributed by atoms with Crippen LogP contribution in [0, 0.1) is 0 Å². The molecule has 0 amide bonds. The predicted molar refractivity (Wildman–Crippen MR) is 36.5 cm³/mol. The van der Waals surface area contributed by atoms with Gasteiger partial charge in [-0.3, -0.25) is 0 Å². The average Bonchev–Trinajstić information content (AvgIpc) is 1.81. The van der Waals surface area contributed by atoms with Crippen molar-refractivity contribution in [1.29, 1.82) is 0 Å². The largest absolute Gasteiger partial charge is 0.330 e. The molecule has 0 bridgehead atoms. The number of nitrogens with two attached hydrogens (primary N) is 2. The molecule has 0 aromatic carbocycles. The van der Waals surface area contributed by atoms with Gasteiger partial charge in [0.2, 0.25) is 0 Å². The Morgan fingerprint density at radius 3 is 2.38 bits per heavy atom. The average molecular weight is 114 g/mol. The maximum Gasteiger partial charge on any atom is 0.0106 e. The van der Waals surface area contributed by atoms with Crippen LogP contribution in [-0.4, -0.2) is 13.1 Å². The van der Waals surface area contributed by atoms with E-state index in [1.807, 2.05) is 6.08 Å². The van der Waals surface area contributed by atoms with Crippen LogP contribution in [0.3, 0.4) is 0 Å². The minimum Gasteiger partial charge on any atom is -0.330 e. The van der Waals surface area contributed by atoms with Gasteiger partial charge >= 0.3 is 0 Å². The molecule has 0 heterocycles. The van der Waals surface area contributed by atoms with Gasteiger partial charge < -0.3 is 11.5 Å². The summed E-state index contributed by atoms with van der Waals surface area (Å²) in [7, 11) is 0. The Kier molecular flexibility index (Phi) is 6.38. The fourth-order valence-corrected chi connectivity index (χ4v) is 0.450. The molecule has 4 N–H and O–H groups in total. The zero-order valence-corrected chi connectivity index (χ0v) is 5.14. The molecule has 48 valence electrons. The standard InChI is InChI=1S/C6H14N2/c7-5-3-1-2-4-6-8/h1,3H,2,4-8H2/b3-1+. The summed E-state index contributed by atoms with van der Waals surface area (Å²) < 4.78 is 0. The van der Waals surface area contributed by atoms with Crippen LogP contribution < -0.4 is 11.5 Å². The minimum absolute atomic E-state index is 0.643. The SMILES string of the molecule is NC/C=C/CCCN. The van der Waals surface area contributed by atoms with Gasteiger partial charge in [-0.25, -0.2) is 0 Å². The molecule has 0 saturated carbocycles. The molecule has 0 atom stereocenters. The molecule has 0 aliphatic rings. The van der Waals surface area contributed by atoms with E-state index in [4.69, 9.17) is 11.5 Å². The van der Waals surface area contributed by atoms with Crippen LogP contribution in [-0.2, 0) is 0 Å². The van der Waals surface area contributed by atoms with E-state index in [9.17, 15) is 0 Å². The molecule has 0 unspecified atom stereocenters. The predicted octanol–water partition coefficient (Wildman–Crippen LogP) is 0.240. The van der Waals surface area contributed by atoms with Crippen molar-refractivity contribution in [3.63, 3.8) is 0 Å². The van der Waals surface area contributed by atoms with Crippen molar-refractivity contribution < 1.29 is 0 Å². The van der Waals surface area contributed by atoms with E-state index >= 15 is 0 Å². The molecule has 0 fully saturated rings. The fourth-order valence-electron chi connectivity index (χ4n) is 0.450. The monoisotopic (exact) mass is 114 g/mol. The third kappa shape index (κ3) is 5.66. The third-order valence-electron chi connectivity index (χ3n) is 0.878. The molecule has 0 saturated heterocycles. The summed E-state index contributed by atoms with van der Waals surface area (Å²) in [5.41, 5.74) is 10.4. The molecule has 2 heteroatoms. The van der Waals surface area contributed by atoms with Crippen molar-refractivity contribution in [2.45, 2.75) is 12.8 Å². The Bertz CT molecular complexity index is 59.5. The zero-order chi connectivity index (χ0) is 6.24. The first-order chi connectivity index (χ1) is 3.91. The van der Waals surface area contributed by atoms with Crippen LogP contribution in [0.5, 0.6) is 0 Å². The van der Waals surface area contributed by atoms with Crippen molar-refractivity contribution in [3.05, 3.63) is 12.2 Å². The highest BCUT2D eigenvalue weighted by atomic mass is 14.5. The van der Waals surface area contributed by atoms with E-state index in [1.165, 1.54) is 0 Å². The molecule has 0 aliphatic carbocycles. The lowest BCUT2D eigenvalue weighted by atomic mass is 10.3. The molecule has 0 aliphatic heterocycles. The summed E-state index contributed by atoms with van der Waals surface area (Å²) in [6, 6.07) is 0. The van der Waals surface area contributed by atoms with Crippen molar-refractivity contribution in [2.75, 3.05) is 13.1 Å². The number of unbranched alkanes of at least 4 members (excludes halogenated alkanes) is 1. The smallest absolute Gasteiger partial charge is 0.0106 e. The van der Waals surface area contributed by atoms with E-state index in [2.05, 4.69) is 6.08 Å². The molecule has 0 aromatic rings. The Labute approximate surface area is 50.6 Å². The summed E-state index contributed by atoms with van der Waals surface area (Å²) in [6.07, 6.45) is 6.15. The highest BCUT2D eigenvalue weighted by Gasteiger charge is 1.74. The van der Waals surface area contributed by atoms with Crippen molar-refractivity contribution >= 4 is 0 Å². The zero-order valence-electron chi connectivity index (χ0n) is 5.14. The molecule has 2 nitrogen and oxygen atoms in total. The molecule has 0 radical (unpaired) electrons. The number of rotatable bonds is 4. The second-order valence-corrected chi connectivity index (χ2v) is 1.64. The Hall–Kier alpha value is -0.340. The Morgan fingerprint density at radius 2 is 1.88 bits per heavy atom. The van der Waals surface area contributed by atoms with Gasteiger partial charge in [0, 0.05) is 6.54 Å². The molecule has 0 rings (SSSR count). The van der Waals surface area contributed by atoms with Gasteiger partial charge in [0.25, 0.3) is 0 Å². The maximum atomic E-state index is 5.25. The quantitative estimate of drug-likeness (QED) is 0.406. The molecule has 8 heavy (non-hydrogen) atoms. The maximum absolute atomic E-state index is 5.25. The topological polar surface area (TPSA) is 52.0 Å². The molecular formula is C6H14N2. The number of hydrogen-bond donors (Lipinski definition) is 2. The molecular weight excluding hydrogens is 100 g/mol. The first kappa shape index (κ1) is 7.66. The van der Waals surface area contributed by atoms with Crippen LogP contribution in [0.2, 0.25) is 0 Å². The second kappa shape index (κ2) is 6.66. The summed E-state index contributed by atoms with van der Waals surface area (Å²) in [6.45, 7) is 1.42. The summed E-state index contributed by atoms with van der Waals surface area (Å²) in [5.74, 6) is 0. The lowest BCUT2D eigenvalue weighted by molar-refractivity contribution is 0.853.